The van der Waals surface area contributed by atoms with Gasteiger partial charge in [0, 0.05) is 37.2 Å². The Morgan fingerprint density at radius 3 is 2.69 bits per heavy atom. The van der Waals surface area contributed by atoms with Crippen molar-refractivity contribution in [1.82, 2.24) is 4.90 Å². The van der Waals surface area contributed by atoms with Crippen LogP contribution in [0.1, 0.15) is 27.7 Å². The van der Waals surface area contributed by atoms with E-state index in [1.165, 1.54) is 5.75 Å². The van der Waals surface area contributed by atoms with E-state index in [9.17, 15) is 0 Å². The third kappa shape index (κ3) is 2.55. The molecule has 1 saturated heterocycles. The van der Waals surface area contributed by atoms with E-state index in [2.05, 4.69) is 44.4 Å². The molecule has 4 unspecified atom stereocenters. The molecule has 4 atom stereocenters. The highest BCUT2D eigenvalue weighted by Crippen LogP contribution is 2.32. The monoisotopic (exact) mass is 246 g/mol. The van der Waals surface area contributed by atoms with E-state index in [1.807, 2.05) is 0 Å². The highest BCUT2D eigenvalue weighted by Gasteiger charge is 2.41. The first-order valence-electron chi connectivity index (χ1n) is 6.08. The Morgan fingerprint density at radius 1 is 1.56 bits per heavy atom. The largest absolute Gasteiger partial charge is 0.380 e. The molecule has 1 heterocycles. The normalized spacial score (nSPS) is 33.4. The summed E-state index contributed by atoms with van der Waals surface area (Å²) in [5.74, 6) is 1.19. The lowest BCUT2D eigenvalue weighted by molar-refractivity contribution is -0.0464. The highest BCUT2D eigenvalue weighted by atomic mass is 32.2. The molecule has 2 N–H and O–H groups in total. The number of hydrogen-bond acceptors (Lipinski definition) is 4. The van der Waals surface area contributed by atoms with Gasteiger partial charge in [0.1, 0.15) is 0 Å². The zero-order valence-electron chi connectivity index (χ0n) is 11.2. The van der Waals surface area contributed by atoms with Crippen molar-refractivity contribution in [2.24, 2.45) is 5.73 Å². The molecule has 0 spiro atoms. The molecule has 1 aliphatic heterocycles. The Bertz CT molecular complexity index is 227. The summed E-state index contributed by atoms with van der Waals surface area (Å²) in [4.78, 5) is 2.53. The van der Waals surface area contributed by atoms with Gasteiger partial charge in [-0.05, 0) is 20.8 Å². The molecule has 3 nitrogen and oxygen atoms in total. The van der Waals surface area contributed by atoms with Gasteiger partial charge in [-0.3, -0.25) is 4.90 Å². The summed E-state index contributed by atoms with van der Waals surface area (Å²) in [5.41, 5.74) is 5.94. The van der Waals surface area contributed by atoms with E-state index in [-0.39, 0.29) is 11.6 Å². The molecule has 4 heteroatoms. The third-order valence-electron chi connectivity index (χ3n) is 4.18. The SMILES string of the molecule is COC(C)C(C)(CN)N1CCSC(C)C1C. The van der Waals surface area contributed by atoms with Crippen LogP contribution in [-0.2, 0) is 4.74 Å². The van der Waals surface area contributed by atoms with Gasteiger partial charge in [-0.25, -0.2) is 0 Å². The first kappa shape index (κ1) is 14.3. The third-order valence-corrected chi connectivity index (χ3v) is 5.52. The van der Waals surface area contributed by atoms with Gasteiger partial charge in [0.25, 0.3) is 0 Å². The van der Waals surface area contributed by atoms with E-state index >= 15 is 0 Å². The van der Waals surface area contributed by atoms with E-state index in [0.29, 0.717) is 17.8 Å². The maximum atomic E-state index is 5.99. The number of rotatable bonds is 4. The Balaban J connectivity index is 2.85. The smallest absolute Gasteiger partial charge is 0.0736 e. The van der Waals surface area contributed by atoms with Crippen molar-refractivity contribution in [1.29, 1.82) is 0 Å². The first-order valence-corrected chi connectivity index (χ1v) is 7.13. The molecule has 0 aliphatic carbocycles. The first-order chi connectivity index (χ1) is 7.47. The predicted octanol–water partition coefficient (Wildman–Crippen LogP) is 1.56. The summed E-state index contributed by atoms with van der Waals surface area (Å²) < 4.78 is 5.51. The van der Waals surface area contributed by atoms with Gasteiger partial charge >= 0.3 is 0 Å². The van der Waals surface area contributed by atoms with E-state index in [4.69, 9.17) is 10.5 Å². The summed E-state index contributed by atoms with van der Waals surface area (Å²) in [7, 11) is 1.77. The van der Waals surface area contributed by atoms with E-state index < -0.39 is 0 Å². The Hall–Kier alpha value is 0.230. The molecule has 0 aromatic rings. The highest BCUT2D eigenvalue weighted by molar-refractivity contribution is 8.00. The van der Waals surface area contributed by atoms with Crippen LogP contribution in [0.4, 0.5) is 0 Å². The molecule has 96 valence electrons. The summed E-state index contributed by atoms with van der Waals surface area (Å²) in [5, 5.41) is 0.670. The molecule has 16 heavy (non-hydrogen) atoms. The molecule has 1 aliphatic rings. The van der Waals surface area contributed by atoms with Crippen LogP contribution in [0, 0.1) is 0 Å². The van der Waals surface area contributed by atoms with Gasteiger partial charge in [0.2, 0.25) is 0 Å². The Labute approximate surface area is 104 Å². The molecule has 0 aromatic carbocycles. The predicted molar refractivity (Wildman–Crippen MR) is 72.0 cm³/mol. The van der Waals surface area contributed by atoms with Gasteiger partial charge in [0.15, 0.2) is 0 Å². The molecule has 0 bridgehead atoms. The van der Waals surface area contributed by atoms with Crippen LogP contribution in [0.5, 0.6) is 0 Å². The summed E-state index contributed by atoms with van der Waals surface area (Å²) >= 11 is 2.05. The second-order valence-electron chi connectivity index (χ2n) is 4.95. The number of thioether (sulfide) groups is 1. The minimum atomic E-state index is -0.0522. The number of nitrogens with two attached hydrogens (primary N) is 1. The van der Waals surface area contributed by atoms with Crippen LogP contribution < -0.4 is 5.73 Å². The fourth-order valence-electron chi connectivity index (χ4n) is 2.42. The molecule has 1 rings (SSSR count). The zero-order valence-corrected chi connectivity index (χ0v) is 12.0. The van der Waals surface area contributed by atoms with Crippen LogP contribution in [0.2, 0.25) is 0 Å². The maximum absolute atomic E-state index is 5.99. The lowest BCUT2D eigenvalue weighted by atomic mass is 9.91. The quantitative estimate of drug-likeness (QED) is 0.817. The van der Waals surface area contributed by atoms with Gasteiger partial charge < -0.3 is 10.5 Å². The number of nitrogens with zero attached hydrogens (tertiary/aromatic N) is 1. The van der Waals surface area contributed by atoms with Crippen molar-refractivity contribution in [2.75, 3.05) is 26.0 Å². The second-order valence-corrected chi connectivity index (χ2v) is 6.43. The van der Waals surface area contributed by atoms with Crippen molar-refractivity contribution in [3.8, 4) is 0 Å². The van der Waals surface area contributed by atoms with Gasteiger partial charge in [-0.1, -0.05) is 6.92 Å². The minimum absolute atomic E-state index is 0.0522. The number of hydrogen-bond donors (Lipinski definition) is 1. The molecular formula is C12H26N2OS. The zero-order chi connectivity index (χ0) is 12.3. The van der Waals surface area contributed by atoms with Crippen molar-refractivity contribution < 1.29 is 4.74 Å². The minimum Gasteiger partial charge on any atom is -0.380 e. The van der Waals surface area contributed by atoms with Crippen molar-refractivity contribution in [3.63, 3.8) is 0 Å². The lowest BCUT2D eigenvalue weighted by Gasteiger charge is -2.50. The summed E-state index contributed by atoms with van der Waals surface area (Å²) in [6.07, 6.45) is 0.162. The van der Waals surface area contributed by atoms with Gasteiger partial charge in [0.05, 0.1) is 11.6 Å². The fourth-order valence-corrected chi connectivity index (χ4v) is 3.52. The average Bonchev–Trinajstić information content (AvgIpc) is 2.30. The van der Waals surface area contributed by atoms with E-state index in [0.717, 1.165) is 6.54 Å². The van der Waals surface area contributed by atoms with Crippen LogP contribution in [0.15, 0.2) is 0 Å². The van der Waals surface area contributed by atoms with Crippen LogP contribution in [0.3, 0.4) is 0 Å². The van der Waals surface area contributed by atoms with Crippen molar-refractivity contribution >= 4 is 11.8 Å². The lowest BCUT2D eigenvalue weighted by Crippen LogP contribution is -2.64. The topological polar surface area (TPSA) is 38.5 Å². The fraction of sp³-hybridized carbons (Fsp3) is 1.00. The van der Waals surface area contributed by atoms with Crippen molar-refractivity contribution in [2.45, 2.75) is 50.6 Å². The molecule has 0 aromatic heterocycles. The molecular weight excluding hydrogens is 220 g/mol. The van der Waals surface area contributed by atoms with Crippen LogP contribution >= 0.6 is 11.8 Å². The average molecular weight is 246 g/mol. The molecule has 0 amide bonds. The molecule has 1 fully saturated rings. The molecule has 0 radical (unpaired) electrons. The Morgan fingerprint density at radius 2 is 2.19 bits per heavy atom. The summed E-state index contributed by atoms with van der Waals surface area (Å²) in [6, 6.07) is 0.560. The number of methoxy groups -OCH3 is 1. The van der Waals surface area contributed by atoms with Gasteiger partial charge in [-0.2, -0.15) is 11.8 Å². The van der Waals surface area contributed by atoms with Crippen LogP contribution in [0.25, 0.3) is 0 Å². The maximum Gasteiger partial charge on any atom is 0.0736 e. The summed E-state index contributed by atoms with van der Waals surface area (Å²) in [6.45, 7) is 10.7. The Kier molecular flexibility index (Phi) is 5.10. The molecule has 0 saturated carbocycles. The van der Waals surface area contributed by atoms with Gasteiger partial charge in [-0.15, -0.1) is 0 Å². The van der Waals surface area contributed by atoms with E-state index in [1.54, 1.807) is 7.11 Å². The van der Waals surface area contributed by atoms with Crippen LogP contribution in [-0.4, -0.2) is 53.8 Å². The second kappa shape index (κ2) is 5.71. The number of ether oxygens (including phenoxy) is 1. The standard InChI is InChI=1S/C12H26N2OS/c1-9-10(2)16-7-6-14(9)12(4,8-13)11(3)15-5/h9-11H,6-8,13H2,1-5H3. The van der Waals surface area contributed by atoms with Crippen molar-refractivity contribution in [3.05, 3.63) is 0 Å².